The van der Waals surface area contributed by atoms with Gasteiger partial charge in [-0.15, -0.1) is 11.8 Å². The van der Waals surface area contributed by atoms with E-state index in [0.717, 1.165) is 6.42 Å². The summed E-state index contributed by atoms with van der Waals surface area (Å²) < 4.78 is 0. The number of thioether (sulfide) groups is 1. The molecule has 0 aromatic carbocycles. The SMILES string of the molecule is CC(C)CC(CSC(C(=O)O)C(C)(C)C)NC(=O)c1ccccn1. The average molecular weight is 353 g/mol. The molecule has 6 heteroatoms. The Morgan fingerprint density at radius 3 is 2.42 bits per heavy atom. The Morgan fingerprint density at radius 1 is 1.29 bits per heavy atom. The van der Waals surface area contributed by atoms with Crippen LogP contribution < -0.4 is 5.32 Å². The summed E-state index contributed by atoms with van der Waals surface area (Å²) in [5.74, 6) is -0.0702. The lowest BCUT2D eigenvalue weighted by Gasteiger charge is -2.28. The number of hydrogen-bond acceptors (Lipinski definition) is 4. The molecule has 2 unspecified atom stereocenters. The van der Waals surface area contributed by atoms with Crippen LogP contribution in [0.2, 0.25) is 0 Å². The van der Waals surface area contributed by atoms with Crippen LogP contribution in [0.1, 0.15) is 51.5 Å². The van der Waals surface area contributed by atoms with Crippen LogP contribution in [0.5, 0.6) is 0 Å². The summed E-state index contributed by atoms with van der Waals surface area (Å²) >= 11 is 1.39. The average Bonchev–Trinajstić information content (AvgIpc) is 2.45. The summed E-state index contributed by atoms with van der Waals surface area (Å²) in [7, 11) is 0. The number of pyridine rings is 1. The zero-order valence-electron chi connectivity index (χ0n) is 15.1. The first-order chi connectivity index (χ1) is 11.1. The molecule has 5 nitrogen and oxygen atoms in total. The van der Waals surface area contributed by atoms with Crippen molar-refractivity contribution in [2.75, 3.05) is 5.75 Å². The molecule has 1 aromatic rings. The van der Waals surface area contributed by atoms with Gasteiger partial charge in [0.05, 0.1) is 0 Å². The molecule has 24 heavy (non-hydrogen) atoms. The molecule has 0 radical (unpaired) electrons. The number of hydrogen-bond donors (Lipinski definition) is 2. The molecule has 0 aliphatic rings. The molecule has 0 aliphatic carbocycles. The lowest BCUT2D eigenvalue weighted by molar-refractivity contribution is -0.138. The summed E-state index contributed by atoms with van der Waals surface area (Å²) in [6.07, 6.45) is 2.38. The molecule has 0 saturated heterocycles. The van der Waals surface area contributed by atoms with Crippen molar-refractivity contribution in [1.82, 2.24) is 10.3 Å². The highest BCUT2D eigenvalue weighted by molar-refractivity contribution is 8.00. The third kappa shape index (κ3) is 6.91. The normalized spacial score (nSPS) is 14.2. The van der Waals surface area contributed by atoms with E-state index >= 15 is 0 Å². The maximum absolute atomic E-state index is 12.3. The van der Waals surface area contributed by atoms with E-state index in [1.165, 1.54) is 11.8 Å². The molecule has 1 amide bonds. The Labute approximate surface area is 148 Å². The Kier molecular flexibility index (Phi) is 7.73. The topological polar surface area (TPSA) is 79.3 Å². The van der Waals surface area contributed by atoms with Gasteiger partial charge in [-0.25, -0.2) is 0 Å². The van der Waals surface area contributed by atoms with Crippen molar-refractivity contribution in [3.05, 3.63) is 30.1 Å². The fraction of sp³-hybridized carbons (Fsp3) is 0.611. The lowest BCUT2D eigenvalue weighted by atomic mass is 9.92. The number of carbonyl (C=O) groups excluding carboxylic acids is 1. The largest absolute Gasteiger partial charge is 0.480 e. The monoisotopic (exact) mass is 352 g/mol. The van der Waals surface area contributed by atoms with Crippen LogP contribution in [0.25, 0.3) is 0 Å². The van der Waals surface area contributed by atoms with Gasteiger partial charge in [-0.3, -0.25) is 14.6 Å². The van der Waals surface area contributed by atoms with Crippen LogP contribution in [0.3, 0.4) is 0 Å². The van der Waals surface area contributed by atoms with Crippen molar-refractivity contribution >= 4 is 23.6 Å². The molecule has 1 heterocycles. The van der Waals surface area contributed by atoms with Crippen LogP contribution in [-0.4, -0.2) is 39.0 Å². The highest BCUT2D eigenvalue weighted by atomic mass is 32.2. The van der Waals surface area contributed by atoms with Gasteiger partial charge in [0, 0.05) is 18.0 Å². The van der Waals surface area contributed by atoms with Crippen molar-refractivity contribution in [2.24, 2.45) is 11.3 Å². The summed E-state index contributed by atoms with van der Waals surface area (Å²) in [4.78, 5) is 27.9. The number of carboxylic acids is 1. The molecule has 0 aliphatic heterocycles. The molecule has 134 valence electrons. The van der Waals surface area contributed by atoms with Crippen LogP contribution in [-0.2, 0) is 4.79 Å². The zero-order chi connectivity index (χ0) is 18.3. The van der Waals surface area contributed by atoms with Gasteiger partial charge in [0.25, 0.3) is 5.91 Å². The first-order valence-electron chi connectivity index (χ1n) is 8.17. The Balaban J connectivity index is 2.75. The van der Waals surface area contributed by atoms with Gasteiger partial charge in [-0.2, -0.15) is 0 Å². The third-order valence-corrected chi connectivity index (χ3v) is 5.30. The van der Waals surface area contributed by atoms with Gasteiger partial charge in [0.2, 0.25) is 0 Å². The molecule has 1 aromatic heterocycles. The fourth-order valence-corrected chi connectivity index (χ4v) is 3.68. The van der Waals surface area contributed by atoms with E-state index < -0.39 is 11.2 Å². The second-order valence-corrected chi connectivity index (χ2v) is 8.57. The van der Waals surface area contributed by atoms with E-state index in [0.29, 0.717) is 17.4 Å². The summed E-state index contributed by atoms with van der Waals surface area (Å²) in [5.41, 5.74) is 0.0333. The van der Waals surface area contributed by atoms with Gasteiger partial charge >= 0.3 is 5.97 Å². The molecule has 0 fully saturated rings. The van der Waals surface area contributed by atoms with Crippen molar-refractivity contribution in [2.45, 2.75) is 52.3 Å². The first kappa shape index (κ1) is 20.5. The predicted octanol–water partition coefficient (Wildman–Crippen LogP) is 3.46. The van der Waals surface area contributed by atoms with E-state index in [-0.39, 0.29) is 17.4 Å². The van der Waals surface area contributed by atoms with Crippen molar-refractivity contribution < 1.29 is 14.7 Å². The van der Waals surface area contributed by atoms with Crippen molar-refractivity contribution in [3.8, 4) is 0 Å². The molecule has 0 saturated carbocycles. The molecule has 0 bridgehead atoms. The van der Waals surface area contributed by atoms with Crippen LogP contribution >= 0.6 is 11.8 Å². The van der Waals surface area contributed by atoms with Crippen LogP contribution in [0.4, 0.5) is 0 Å². The number of rotatable bonds is 8. The Morgan fingerprint density at radius 2 is 1.96 bits per heavy atom. The van der Waals surface area contributed by atoms with Gasteiger partial charge in [0.15, 0.2) is 0 Å². The third-order valence-electron chi connectivity index (χ3n) is 3.46. The highest BCUT2D eigenvalue weighted by Crippen LogP contribution is 2.31. The van der Waals surface area contributed by atoms with Gasteiger partial charge in [-0.1, -0.05) is 40.7 Å². The summed E-state index contributed by atoms with van der Waals surface area (Å²) in [6.45, 7) is 9.93. The Hall–Kier alpha value is -1.56. The van der Waals surface area contributed by atoms with E-state index in [2.05, 4.69) is 24.1 Å². The second-order valence-electron chi connectivity index (χ2n) is 7.43. The predicted molar refractivity (Wildman–Crippen MR) is 98.3 cm³/mol. The van der Waals surface area contributed by atoms with Crippen LogP contribution in [0, 0.1) is 11.3 Å². The molecule has 2 N–H and O–H groups in total. The van der Waals surface area contributed by atoms with Crippen LogP contribution in [0.15, 0.2) is 24.4 Å². The van der Waals surface area contributed by atoms with E-state index in [9.17, 15) is 14.7 Å². The molecule has 2 atom stereocenters. The minimum Gasteiger partial charge on any atom is -0.480 e. The quantitative estimate of drug-likeness (QED) is 0.749. The standard InChI is InChI=1S/C18H28N2O3S/c1-12(2)10-13(11-24-15(17(22)23)18(3,4)5)20-16(21)14-8-6-7-9-19-14/h6-9,12-13,15H,10-11H2,1-5H3,(H,20,21)(H,22,23). The minimum atomic E-state index is -0.813. The number of carboxylic acid groups (broad SMARTS) is 1. The molecular formula is C18H28N2O3S. The molecular weight excluding hydrogens is 324 g/mol. The van der Waals surface area contributed by atoms with Gasteiger partial charge < -0.3 is 10.4 Å². The lowest BCUT2D eigenvalue weighted by Crippen LogP contribution is -2.40. The van der Waals surface area contributed by atoms with E-state index in [4.69, 9.17) is 0 Å². The highest BCUT2D eigenvalue weighted by Gasteiger charge is 2.32. The number of nitrogens with zero attached hydrogens (tertiary/aromatic N) is 1. The fourth-order valence-electron chi connectivity index (χ4n) is 2.40. The first-order valence-corrected chi connectivity index (χ1v) is 9.22. The number of carbonyl (C=O) groups is 2. The summed E-state index contributed by atoms with van der Waals surface area (Å²) in [6, 6.07) is 5.12. The maximum Gasteiger partial charge on any atom is 0.317 e. The number of nitrogens with one attached hydrogen (secondary N) is 1. The van der Waals surface area contributed by atoms with Crippen molar-refractivity contribution in [3.63, 3.8) is 0 Å². The second kappa shape index (κ2) is 9.06. The maximum atomic E-state index is 12.3. The summed E-state index contributed by atoms with van der Waals surface area (Å²) in [5, 5.41) is 11.9. The smallest absolute Gasteiger partial charge is 0.317 e. The number of amides is 1. The number of aliphatic carboxylic acids is 1. The zero-order valence-corrected chi connectivity index (χ0v) is 15.9. The number of aromatic nitrogens is 1. The van der Waals surface area contributed by atoms with Gasteiger partial charge in [-0.05, 0) is 29.9 Å². The van der Waals surface area contributed by atoms with E-state index in [1.54, 1.807) is 24.4 Å². The van der Waals surface area contributed by atoms with Crippen molar-refractivity contribution in [1.29, 1.82) is 0 Å². The van der Waals surface area contributed by atoms with Gasteiger partial charge in [0.1, 0.15) is 10.9 Å². The minimum absolute atomic E-state index is 0.0892. The van der Waals surface area contributed by atoms with E-state index in [1.807, 2.05) is 20.8 Å². The molecule has 1 rings (SSSR count). The molecule has 0 spiro atoms. The Bertz CT molecular complexity index is 541.